The van der Waals surface area contributed by atoms with Crippen molar-refractivity contribution in [3.63, 3.8) is 0 Å². The Morgan fingerprint density at radius 1 is 1.43 bits per heavy atom. The molecule has 1 aromatic rings. The van der Waals surface area contributed by atoms with Crippen LogP contribution in [0.2, 0.25) is 0 Å². The molecule has 0 saturated carbocycles. The zero-order chi connectivity index (χ0) is 16.9. The molecule has 0 aliphatic carbocycles. The van der Waals surface area contributed by atoms with Crippen LogP contribution in [-0.4, -0.2) is 42.8 Å². The van der Waals surface area contributed by atoms with Crippen LogP contribution in [0.5, 0.6) is 5.75 Å². The molecule has 0 spiro atoms. The van der Waals surface area contributed by atoms with Crippen molar-refractivity contribution in [2.45, 2.75) is 36.4 Å². The summed E-state index contributed by atoms with van der Waals surface area (Å²) in [5.41, 5.74) is 0.355. The Labute approximate surface area is 135 Å². The molecule has 1 aliphatic heterocycles. The number of hydrogen-bond acceptors (Lipinski definition) is 6. The van der Waals surface area contributed by atoms with Crippen molar-refractivity contribution in [1.29, 1.82) is 0 Å². The van der Waals surface area contributed by atoms with Gasteiger partial charge in [-0.3, -0.25) is 10.0 Å². The molecule has 1 aliphatic rings. The first kappa shape index (κ1) is 17.7. The summed E-state index contributed by atoms with van der Waals surface area (Å²) in [6, 6.07) is 8.64. The molecule has 1 aromatic carbocycles. The van der Waals surface area contributed by atoms with Gasteiger partial charge < -0.3 is 10.1 Å². The third-order valence-electron chi connectivity index (χ3n) is 4.06. The molecule has 1 saturated heterocycles. The molecule has 0 radical (unpaired) electrons. The number of sulfone groups is 1. The van der Waals surface area contributed by atoms with E-state index in [2.05, 4.69) is 5.32 Å². The van der Waals surface area contributed by atoms with Gasteiger partial charge in [0.1, 0.15) is 5.75 Å². The average Bonchev–Trinajstić information content (AvgIpc) is 3.06. The summed E-state index contributed by atoms with van der Waals surface area (Å²) in [7, 11) is -3.99. The lowest BCUT2D eigenvalue weighted by atomic mass is 10.1. The molecule has 3 N–H and O–H groups in total. The summed E-state index contributed by atoms with van der Waals surface area (Å²) in [6.45, 7) is 2.19. The van der Waals surface area contributed by atoms with Gasteiger partial charge in [-0.25, -0.2) is 13.9 Å². The van der Waals surface area contributed by atoms with Gasteiger partial charge in [-0.15, -0.1) is 0 Å². The zero-order valence-corrected chi connectivity index (χ0v) is 13.8. The van der Waals surface area contributed by atoms with Crippen LogP contribution in [0.3, 0.4) is 0 Å². The largest absolute Gasteiger partial charge is 0.475 e. The predicted molar refractivity (Wildman–Crippen MR) is 84.8 cm³/mol. The van der Waals surface area contributed by atoms with E-state index in [1.165, 1.54) is 5.48 Å². The molecular formula is C15H22N2O5S. The molecule has 0 aromatic heterocycles. The van der Waals surface area contributed by atoms with Gasteiger partial charge in [0.2, 0.25) is 9.84 Å². The van der Waals surface area contributed by atoms with Crippen molar-refractivity contribution in [1.82, 2.24) is 10.8 Å². The van der Waals surface area contributed by atoms with Crippen molar-refractivity contribution >= 4 is 15.7 Å². The predicted octanol–water partition coefficient (Wildman–Crippen LogP) is 0.844. The van der Waals surface area contributed by atoms with Gasteiger partial charge in [0.25, 0.3) is 5.91 Å². The second-order valence-corrected chi connectivity index (χ2v) is 7.95. The molecular weight excluding hydrogens is 320 g/mol. The molecule has 2 atom stereocenters. The van der Waals surface area contributed by atoms with Crippen molar-refractivity contribution < 1.29 is 23.2 Å². The minimum Gasteiger partial charge on any atom is -0.475 e. The number of ether oxygens (including phenoxy) is 1. The summed E-state index contributed by atoms with van der Waals surface area (Å²) in [5, 5.41) is 11.9. The highest BCUT2D eigenvalue weighted by molar-refractivity contribution is 7.94. The van der Waals surface area contributed by atoms with E-state index < -0.39 is 25.9 Å². The van der Waals surface area contributed by atoms with Gasteiger partial charge in [0.15, 0.2) is 10.2 Å². The van der Waals surface area contributed by atoms with Gasteiger partial charge in [0.05, 0.1) is 0 Å². The van der Waals surface area contributed by atoms with Crippen LogP contribution in [0.1, 0.15) is 26.2 Å². The second-order valence-electron chi connectivity index (χ2n) is 5.56. The summed E-state index contributed by atoms with van der Waals surface area (Å²) >= 11 is 0. The topological polar surface area (TPSA) is 105 Å². The van der Waals surface area contributed by atoms with E-state index in [-0.39, 0.29) is 19.4 Å². The Kier molecular flexibility index (Phi) is 5.61. The second kappa shape index (κ2) is 7.29. The Morgan fingerprint density at radius 3 is 2.65 bits per heavy atom. The first-order chi connectivity index (χ1) is 11.0. The van der Waals surface area contributed by atoms with Crippen molar-refractivity contribution in [3.05, 3.63) is 30.3 Å². The minimum atomic E-state index is -3.99. The summed E-state index contributed by atoms with van der Waals surface area (Å²) in [4.78, 5) is 12.1. The van der Waals surface area contributed by atoms with Crippen molar-refractivity contribution in [2.75, 3.05) is 13.1 Å². The van der Waals surface area contributed by atoms with E-state index in [0.717, 1.165) is 0 Å². The van der Waals surface area contributed by atoms with Crippen LogP contribution in [0.25, 0.3) is 0 Å². The Balaban J connectivity index is 2.37. The van der Waals surface area contributed by atoms with Crippen LogP contribution in [0.15, 0.2) is 30.3 Å². The molecule has 128 valence electrons. The standard InChI is InChI=1S/C15H22N2O5S/c1-2-6-13(22-12-7-4-3-5-8-12)23(20,21)15(14(18)17-19)9-10-16-11-15/h3-5,7-8,13,16,19H,2,6,9-11H2,1H3,(H,17,18). The highest BCUT2D eigenvalue weighted by Crippen LogP contribution is 2.32. The average molecular weight is 342 g/mol. The number of rotatable bonds is 7. The molecule has 1 fully saturated rings. The van der Waals surface area contributed by atoms with E-state index in [4.69, 9.17) is 9.94 Å². The quantitative estimate of drug-likeness (QED) is 0.501. The number of benzene rings is 1. The summed E-state index contributed by atoms with van der Waals surface area (Å²) in [6.07, 6.45) is 0.943. The van der Waals surface area contributed by atoms with Crippen LogP contribution in [-0.2, 0) is 14.6 Å². The molecule has 2 rings (SSSR count). The van der Waals surface area contributed by atoms with Gasteiger partial charge in [-0.05, 0) is 31.5 Å². The number of carbonyl (C=O) groups excluding carboxylic acids is 1. The van der Waals surface area contributed by atoms with Gasteiger partial charge >= 0.3 is 0 Å². The highest BCUT2D eigenvalue weighted by Gasteiger charge is 2.56. The van der Waals surface area contributed by atoms with Crippen LogP contribution in [0.4, 0.5) is 0 Å². The number of hydrogen-bond donors (Lipinski definition) is 3. The van der Waals surface area contributed by atoms with E-state index in [1.807, 2.05) is 6.92 Å². The fourth-order valence-electron chi connectivity index (χ4n) is 2.75. The lowest BCUT2D eigenvalue weighted by molar-refractivity contribution is -0.131. The normalized spacial score (nSPS) is 22.5. The summed E-state index contributed by atoms with van der Waals surface area (Å²) in [5.74, 6) is -0.486. The van der Waals surface area contributed by atoms with E-state index >= 15 is 0 Å². The number of nitrogens with one attached hydrogen (secondary N) is 2. The number of carbonyl (C=O) groups is 1. The van der Waals surface area contributed by atoms with E-state index in [9.17, 15) is 13.2 Å². The molecule has 8 heteroatoms. The maximum atomic E-state index is 13.1. The first-order valence-corrected chi connectivity index (χ1v) is 9.13. The Bertz CT molecular complexity index is 627. The smallest absolute Gasteiger partial charge is 0.266 e. The molecule has 1 amide bonds. The van der Waals surface area contributed by atoms with Gasteiger partial charge in [-0.1, -0.05) is 31.5 Å². The van der Waals surface area contributed by atoms with Crippen molar-refractivity contribution in [3.8, 4) is 5.75 Å². The van der Waals surface area contributed by atoms with Gasteiger partial charge in [-0.2, -0.15) is 0 Å². The SMILES string of the molecule is CCCC(Oc1ccccc1)S(=O)(=O)C1(C(=O)NO)CCNC1. The lowest BCUT2D eigenvalue weighted by Gasteiger charge is -2.30. The maximum absolute atomic E-state index is 13.1. The lowest BCUT2D eigenvalue weighted by Crippen LogP contribution is -2.57. The fraction of sp³-hybridized carbons (Fsp3) is 0.533. The third kappa shape index (κ3) is 3.34. The molecule has 7 nitrogen and oxygen atoms in total. The summed E-state index contributed by atoms with van der Waals surface area (Å²) < 4.78 is 30.2. The third-order valence-corrected chi connectivity index (χ3v) is 6.70. The highest BCUT2D eigenvalue weighted by atomic mass is 32.2. The Morgan fingerprint density at radius 2 is 2.13 bits per heavy atom. The number of amides is 1. The molecule has 23 heavy (non-hydrogen) atoms. The van der Waals surface area contributed by atoms with Gasteiger partial charge in [0, 0.05) is 6.54 Å². The molecule has 0 bridgehead atoms. The molecule has 2 unspecified atom stereocenters. The zero-order valence-electron chi connectivity index (χ0n) is 13.0. The molecule has 1 heterocycles. The number of para-hydroxylation sites is 1. The van der Waals surface area contributed by atoms with Crippen LogP contribution >= 0.6 is 0 Å². The van der Waals surface area contributed by atoms with Crippen LogP contribution < -0.4 is 15.5 Å². The maximum Gasteiger partial charge on any atom is 0.266 e. The number of hydroxylamine groups is 1. The first-order valence-electron chi connectivity index (χ1n) is 7.58. The van der Waals surface area contributed by atoms with Crippen molar-refractivity contribution in [2.24, 2.45) is 0 Å². The van der Waals surface area contributed by atoms with Crippen LogP contribution in [0, 0.1) is 0 Å². The minimum absolute atomic E-state index is 0.0416. The fourth-order valence-corrected chi connectivity index (χ4v) is 5.03. The van der Waals surface area contributed by atoms with E-state index in [0.29, 0.717) is 18.7 Å². The van der Waals surface area contributed by atoms with E-state index in [1.54, 1.807) is 30.3 Å². The monoisotopic (exact) mass is 342 g/mol. The Hall–Kier alpha value is -1.64.